The van der Waals surface area contributed by atoms with Crippen LogP contribution in [0, 0.1) is 17.8 Å². The number of nitrogens with two attached hydrogens (primary N) is 2. The van der Waals surface area contributed by atoms with Gasteiger partial charge in [0.25, 0.3) is 0 Å². The Labute approximate surface area is 553 Å². The first-order chi connectivity index (χ1) is 46.1. The summed E-state index contributed by atoms with van der Waals surface area (Å²) in [5.41, 5.74) is 20.4. The number of rotatable bonds is 37. The zero-order chi connectivity index (χ0) is 67.3. The number of primary amides is 1. The molecule has 0 spiro atoms. The lowest BCUT2D eigenvalue weighted by Crippen LogP contribution is -2.54. The fourth-order valence-electron chi connectivity index (χ4n) is 10.5. The molecule has 1 aliphatic rings. The molecule has 0 fully saturated rings. The van der Waals surface area contributed by atoms with Crippen LogP contribution in [-0.4, -0.2) is 134 Å². The Kier molecular flexibility index (Phi) is 27.7. The normalized spacial score (nSPS) is 12.3. The van der Waals surface area contributed by atoms with E-state index in [2.05, 4.69) is 60.2 Å². The van der Waals surface area contributed by atoms with Gasteiger partial charge in [-0.25, -0.2) is 19.6 Å². The van der Waals surface area contributed by atoms with Crippen molar-refractivity contribution in [1.29, 1.82) is 0 Å². The number of pyridine rings is 1. The monoisotopic (exact) mass is 1300 g/mol. The first kappa shape index (κ1) is 70.9. The van der Waals surface area contributed by atoms with Gasteiger partial charge in [-0.3, -0.25) is 24.0 Å². The molecule has 8 rings (SSSR count). The number of ether oxygens (including phenoxy) is 5. The van der Waals surface area contributed by atoms with Crippen molar-refractivity contribution in [2.45, 2.75) is 110 Å². The summed E-state index contributed by atoms with van der Waals surface area (Å²) >= 11 is 0. The van der Waals surface area contributed by atoms with Crippen LogP contribution in [0.15, 0.2) is 121 Å². The Balaban J connectivity index is 0.671. The van der Waals surface area contributed by atoms with Crippen molar-refractivity contribution in [2.24, 2.45) is 11.7 Å². The summed E-state index contributed by atoms with van der Waals surface area (Å²) in [6.45, 7) is 9.35. The van der Waals surface area contributed by atoms with Gasteiger partial charge in [0.15, 0.2) is 5.82 Å². The molecular formula is C71H86N12O12. The molecule has 0 saturated carbocycles. The second-order valence-corrected chi connectivity index (χ2v) is 23.1. The van der Waals surface area contributed by atoms with E-state index in [9.17, 15) is 33.6 Å². The number of aryl methyl sites for hydroxylation is 1. The third-order valence-corrected chi connectivity index (χ3v) is 15.6. The number of hydrogen-bond donors (Lipinski definition) is 8. The number of aromatic nitrogens is 3. The van der Waals surface area contributed by atoms with Crippen molar-refractivity contribution in [3.05, 3.63) is 161 Å². The van der Waals surface area contributed by atoms with E-state index < -0.39 is 41.9 Å². The third kappa shape index (κ3) is 22.1. The molecule has 0 saturated heterocycles. The van der Waals surface area contributed by atoms with Crippen molar-refractivity contribution < 1.29 is 57.2 Å². The minimum Gasteiger partial charge on any atom is -0.445 e. The first-order valence-corrected chi connectivity index (χ1v) is 32.3. The van der Waals surface area contributed by atoms with Crippen molar-refractivity contribution in [2.75, 3.05) is 81.9 Å². The van der Waals surface area contributed by atoms with Crippen molar-refractivity contribution in [1.82, 2.24) is 41.1 Å². The number of unbranched alkanes of at least 4 members (excludes halogenated alkanes) is 1. The van der Waals surface area contributed by atoms with Crippen LogP contribution in [0.1, 0.15) is 105 Å². The van der Waals surface area contributed by atoms with Gasteiger partial charge < -0.3 is 76.5 Å². The Morgan fingerprint density at radius 1 is 0.632 bits per heavy atom. The van der Waals surface area contributed by atoms with E-state index in [4.69, 9.17) is 40.1 Å². The lowest BCUT2D eigenvalue weighted by Gasteiger charge is -2.26. The van der Waals surface area contributed by atoms with Crippen molar-refractivity contribution in [3.8, 4) is 11.8 Å². The summed E-state index contributed by atoms with van der Waals surface area (Å²) in [5.74, 6) is 5.46. The summed E-state index contributed by atoms with van der Waals surface area (Å²) in [5, 5.41) is 17.5. The van der Waals surface area contributed by atoms with Crippen LogP contribution in [0.5, 0.6) is 0 Å². The van der Waals surface area contributed by atoms with E-state index in [0.717, 1.165) is 75.0 Å². The highest BCUT2D eigenvalue weighted by atomic mass is 16.6. The van der Waals surface area contributed by atoms with E-state index in [1.165, 1.54) is 0 Å². The molecule has 7 aromatic rings. The van der Waals surface area contributed by atoms with Crippen LogP contribution >= 0.6 is 0 Å². The largest absolute Gasteiger partial charge is 0.445 e. The van der Waals surface area contributed by atoms with E-state index in [-0.39, 0.29) is 96.1 Å². The number of carbonyl (C=O) groups is 7. The third-order valence-electron chi connectivity index (χ3n) is 15.6. The Morgan fingerprint density at radius 3 is 2.01 bits per heavy atom. The molecule has 0 unspecified atom stereocenters. The van der Waals surface area contributed by atoms with E-state index in [1.54, 1.807) is 43.0 Å². The number of nitrogen functional groups attached to an aromatic ring is 1. The number of imidazole rings is 1. The summed E-state index contributed by atoms with van der Waals surface area (Å²) in [7, 11) is 0. The molecular weight excluding hydrogens is 1210 g/mol. The highest BCUT2D eigenvalue weighted by molar-refractivity contribution is 6.06. The standard InChI is InChI=1S/C71H86N12O12/c1-4-5-20-60-80-65-66(56-16-9-10-17-57(56)78-67(65)72)83(60)45-50-23-21-49(22-24-50)44-76-71(90)95-47-51-25-29-55(30-26-51)77-68(87)58(18-12-34-75-70(73)89)79-69(88)64(48(2)3)81-62(85)33-36-91-38-40-93-42-43-94-41-39-92-37-35-74-61(84)31-32-63(86)82-46-54-15-7-6-13-52(54)27-28-53-14-8-11-19-59(53)82/h6-11,13-17,19,21-26,29-30,48,58,64H,4-5,12,18,20,31-47H2,1-3H3,(H2,72,78)(H,74,84)(H,76,90)(H,77,87)(H,79,88)(H,81,85)(H3,73,75,89)/t58-,64-/m0/s1. The molecule has 1 aliphatic heterocycles. The van der Waals surface area contributed by atoms with E-state index in [1.807, 2.05) is 97.1 Å². The molecule has 502 valence electrons. The average Bonchev–Trinajstić information content (AvgIpc) is 1.64. The summed E-state index contributed by atoms with van der Waals surface area (Å²) in [6.07, 6.45) is 2.69. The van der Waals surface area contributed by atoms with E-state index in [0.29, 0.717) is 68.5 Å². The van der Waals surface area contributed by atoms with Gasteiger partial charge in [-0.1, -0.05) is 124 Å². The molecule has 0 bridgehead atoms. The van der Waals surface area contributed by atoms with Gasteiger partial charge in [0, 0.05) is 74.1 Å². The number of benzene rings is 5. The van der Waals surface area contributed by atoms with Crippen LogP contribution in [-0.2, 0) is 80.3 Å². The Morgan fingerprint density at radius 2 is 1.28 bits per heavy atom. The topological polar surface area (TPSA) is 324 Å². The van der Waals surface area contributed by atoms with Crippen LogP contribution in [0.2, 0.25) is 0 Å². The molecule has 10 N–H and O–H groups in total. The van der Waals surface area contributed by atoms with Gasteiger partial charge in [0.2, 0.25) is 29.5 Å². The van der Waals surface area contributed by atoms with Gasteiger partial charge in [0.1, 0.15) is 30.0 Å². The molecule has 24 heteroatoms. The molecule has 0 aliphatic carbocycles. The minimum atomic E-state index is -1.06. The molecule has 3 heterocycles. The summed E-state index contributed by atoms with van der Waals surface area (Å²) in [4.78, 5) is 102. The van der Waals surface area contributed by atoms with E-state index >= 15 is 0 Å². The molecule has 5 aromatic carbocycles. The van der Waals surface area contributed by atoms with Crippen molar-refractivity contribution in [3.63, 3.8) is 0 Å². The summed E-state index contributed by atoms with van der Waals surface area (Å²) in [6, 6.07) is 35.1. The Hall–Kier alpha value is -9.93. The maximum absolute atomic E-state index is 13.7. The highest BCUT2D eigenvalue weighted by Crippen LogP contribution is 2.31. The molecule has 24 nitrogen and oxygen atoms in total. The van der Waals surface area contributed by atoms with Gasteiger partial charge in [-0.2, -0.15) is 0 Å². The first-order valence-electron chi connectivity index (χ1n) is 32.3. The number of alkyl carbamates (subject to hydrolysis) is 1. The van der Waals surface area contributed by atoms with Crippen LogP contribution in [0.4, 0.5) is 26.8 Å². The highest BCUT2D eigenvalue weighted by Gasteiger charge is 2.29. The maximum atomic E-state index is 13.7. The predicted octanol–water partition coefficient (Wildman–Crippen LogP) is 7.30. The van der Waals surface area contributed by atoms with Gasteiger partial charge in [0.05, 0.1) is 76.1 Å². The fourth-order valence-corrected chi connectivity index (χ4v) is 10.5. The fraction of sp³-hybridized carbons (Fsp3) is 0.394. The van der Waals surface area contributed by atoms with Gasteiger partial charge in [-0.05, 0) is 83.8 Å². The molecule has 0 radical (unpaired) electrons. The van der Waals surface area contributed by atoms with Gasteiger partial charge >= 0.3 is 12.1 Å². The number of nitrogens with zero attached hydrogens (tertiary/aromatic N) is 4. The number of hydrogen-bond acceptors (Lipinski definition) is 15. The average molecular weight is 1300 g/mol. The van der Waals surface area contributed by atoms with Crippen LogP contribution in [0.3, 0.4) is 0 Å². The second-order valence-electron chi connectivity index (χ2n) is 23.1. The number of para-hydroxylation sites is 2. The van der Waals surface area contributed by atoms with Crippen LogP contribution in [0.25, 0.3) is 21.9 Å². The zero-order valence-electron chi connectivity index (χ0n) is 54.2. The smallest absolute Gasteiger partial charge is 0.407 e. The number of nitrogens with one attached hydrogen (secondary N) is 6. The number of anilines is 3. The minimum absolute atomic E-state index is 0.0345. The molecule has 95 heavy (non-hydrogen) atoms. The van der Waals surface area contributed by atoms with Gasteiger partial charge in [-0.15, -0.1) is 0 Å². The molecule has 2 atom stereocenters. The lowest BCUT2D eigenvalue weighted by molar-refractivity contribution is -0.132. The lowest BCUT2D eigenvalue weighted by atomic mass is 10.0. The summed E-state index contributed by atoms with van der Waals surface area (Å²) < 4.78 is 30.0. The predicted molar refractivity (Wildman–Crippen MR) is 361 cm³/mol. The second kappa shape index (κ2) is 37.1. The number of fused-ring (bicyclic) bond motifs is 5. The quantitative estimate of drug-likeness (QED) is 0.0140. The van der Waals surface area contributed by atoms with Crippen molar-refractivity contribution >= 4 is 80.8 Å². The molecule has 8 amide bonds. The zero-order valence-corrected chi connectivity index (χ0v) is 54.2. The SMILES string of the molecule is CCCCc1nc2c(N)nc3ccccc3c2n1Cc1ccc(CNC(=O)OCc2ccc(NC(=O)[C@H](CCCNC(N)=O)NC(=O)[C@@H](NC(=O)CCOCCOCCOCCOCCNC(=O)CCC(=O)N3Cc4ccccc4C#Cc4ccccc43)C(C)C)cc2)cc1. The number of amides is 8. The van der Waals surface area contributed by atoms with Crippen LogP contribution < -0.4 is 48.3 Å². The maximum Gasteiger partial charge on any atom is 0.407 e. The number of urea groups is 1. The molecule has 2 aromatic heterocycles. The number of carbonyl (C=O) groups excluding carboxylic acids is 7. The Bertz CT molecular complexity index is 3790.